The van der Waals surface area contributed by atoms with E-state index in [0.29, 0.717) is 6.04 Å². The van der Waals surface area contributed by atoms with E-state index in [1.54, 1.807) is 6.26 Å². The lowest BCUT2D eigenvalue weighted by molar-refractivity contribution is 0.417. The summed E-state index contributed by atoms with van der Waals surface area (Å²) in [4.78, 5) is 0. The Bertz CT molecular complexity index is 216. The van der Waals surface area contributed by atoms with Crippen LogP contribution >= 0.6 is 0 Å². The fraction of sp³-hybridized carbons (Fsp3) is 0.636. The predicted molar refractivity (Wildman–Crippen MR) is 54.6 cm³/mol. The van der Waals surface area contributed by atoms with Gasteiger partial charge in [0.1, 0.15) is 5.76 Å². The molecule has 0 amide bonds. The number of hydrogen-bond donors (Lipinski definition) is 1. The molecule has 1 atom stereocenters. The molecule has 2 heteroatoms. The summed E-state index contributed by atoms with van der Waals surface area (Å²) in [6, 6.07) is 4.26. The third-order valence-corrected chi connectivity index (χ3v) is 2.14. The van der Waals surface area contributed by atoms with Crippen LogP contribution in [-0.2, 0) is 0 Å². The van der Waals surface area contributed by atoms with Crippen LogP contribution in [0.4, 0.5) is 0 Å². The van der Waals surface area contributed by atoms with Crippen molar-refractivity contribution in [3.05, 3.63) is 24.2 Å². The highest BCUT2D eigenvalue weighted by Gasteiger charge is 2.06. The highest BCUT2D eigenvalue weighted by molar-refractivity contribution is 5.02. The van der Waals surface area contributed by atoms with Gasteiger partial charge in [-0.1, -0.05) is 13.8 Å². The normalized spacial score (nSPS) is 13.5. The number of hydrogen-bond acceptors (Lipinski definition) is 2. The van der Waals surface area contributed by atoms with Crippen molar-refractivity contribution in [2.75, 3.05) is 6.54 Å². The van der Waals surface area contributed by atoms with Gasteiger partial charge in [0.05, 0.1) is 12.3 Å². The Morgan fingerprint density at radius 2 is 2.15 bits per heavy atom. The second-order valence-corrected chi connectivity index (χ2v) is 3.87. The van der Waals surface area contributed by atoms with Gasteiger partial charge in [0.2, 0.25) is 0 Å². The molecule has 0 aliphatic carbocycles. The summed E-state index contributed by atoms with van der Waals surface area (Å²) < 4.78 is 5.29. The molecule has 2 nitrogen and oxygen atoms in total. The summed E-state index contributed by atoms with van der Waals surface area (Å²) in [5.74, 6) is 1.78. The van der Waals surface area contributed by atoms with Crippen LogP contribution in [0.5, 0.6) is 0 Å². The van der Waals surface area contributed by atoms with Crippen LogP contribution in [0, 0.1) is 5.92 Å². The zero-order valence-electron chi connectivity index (χ0n) is 8.71. The summed E-state index contributed by atoms with van der Waals surface area (Å²) in [5.41, 5.74) is 0. The quantitative estimate of drug-likeness (QED) is 0.755. The van der Waals surface area contributed by atoms with Crippen LogP contribution in [-0.4, -0.2) is 6.54 Å². The fourth-order valence-corrected chi connectivity index (χ4v) is 1.23. The molecule has 1 aromatic rings. The molecule has 0 saturated heterocycles. The Labute approximate surface area is 80.3 Å². The summed E-state index contributed by atoms with van der Waals surface area (Å²) in [6.07, 6.45) is 2.93. The number of rotatable bonds is 5. The molecule has 1 heterocycles. The van der Waals surface area contributed by atoms with Gasteiger partial charge in [0.25, 0.3) is 0 Å². The molecule has 74 valence electrons. The molecule has 0 saturated carbocycles. The zero-order valence-corrected chi connectivity index (χ0v) is 8.71. The second kappa shape index (κ2) is 5.07. The van der Waals surface area contributed by atoms with E-state index in [2.05, 4.69) is 26.1 Å². The van der Waals surface area contributed by atoms with Gasteiger partial charge in [-0.25, -0.2) is 0 Å². The summed E-state index contributed by atoms with van der Waals surface area (Å²) >= 11 is 0. The van der Waals surface area contributed by atoms with Gasteiger partial charge in [-0.2, -0.15) is 0 Å². The van der Waals surface area contributed by atoms with Crippen molar-refractivity contribution in [2.24, 2.45) is 5.92 Å². The Hall–Kier alpha value is -0.760. The van der Waals surface area contributed by atoms with Gasteiger partial charge >= 0.3 is 0 Å². The second-order valence-electron chi connectivity index (χ2n) is 3.87. The Balaban J connectivity index is 2.22. The average molecular weight is 181 g/mol. The topological polar surface area (TPSA) is 25.2 Å². The lowest BCUT2D eigenvalue weighted by Gasteiger charge is -2.12. The number of nitrogens with one attached hydrogen (secondary N) is 1. The van der Waals surface area contributed by atoms with E-state index in [1.165, 1.54) is 6.42 Å². The van der Waals surface area contributed by atoms with E-state index in [1.807, 2.05) is 12.1 Å². The first-order valence-electron chi connectivity index (χ1n) is 4.97. The summed E-state index contributed by atoms with van der Waals surface area (Å²) in [5, 5.41) is 3.42. The highest BCUT2D eigenvalue weighted by Crippen LogP contribution is 2.12. The van der Waals surface area contributed by atoms with Crippen LogP contribution in [0.1, 0.15) is 39.0 Å². The third-order valence-electron chi connectivity index (χ3n) is 2.14. The van der Waals surface area contributed by atoms with Crippen molar-refractivity contribution in [3.8, 4) is 0 Å². The molecule has 0 fully saturated rings. The first-order chi connectivity index (χ1) is 6.20. The van der Waals surface area contributed by atoms with Crippen LogP contribution in [0.15, 0.2) is 22.8 Å². The fourth-order valence-electron chi connectivity index (χ4n) is 1.23. The Morgan fingerprint density at radius 1 is 1.38 bits per heavy atom. The van der Waals surface area contributed by atoms with E-state index < -0.39 is 0 Å². The van der Waals surface area contributed by atoms with Gasteiger partial charge in [-0.05, 0) is 37.9 Å². The van der Waals surface area contributed by atoms with Gasteiger partial charge in [-0.15, -0.1) is 0 Å². The highest BCUT2D eigenvalue weighted by atomic mass is 16.3. The first-order valence-corrected chi connectivity index (χ1v) is 4.97. The lowest BCUT2D eigenvalue weighted by Crippen LogP contribution is -2.20. The smallest absolute Gasteiger partial charge is 0.120 e. The van der Waals surface area contributed by atoms with Gasteiger partial charge in [0.15, 0.2) is 0 Å². The molecule has 1 N–H and O–H groups in total. The van der Waals surface area contributed by atoms with Crippen molar-refractivity contribution >= 4 is 0 Å². The zero-order chi connectivity index (χ0) is 9.68. The van der Waals surface area contributed by atoms with E-state index in [9.17, 15) is 0 Å². The lowest BCUT2D eigenvalue weighted by atomic mass is 10.1. The van der Waals surface area contributed by atoms with Crippen LogP contribution in [0.2, 0.25) is 0 Å². The van der Waals surface area contributed by atoms with Crippen LogP contribution in [0.3, 0.4) is 0 Å². The monoisotopic (exact) mass is 181 g/mol. The van der Waals surface area contributed by atoms with Gasteiger partial charge in [0, 0.05) is 0 Å². The maximum atomic E-state index is 5.29. The molecule has 13 heavy (non-hydrogen) atoms. The molecular weight excluding hydrogens is 162 g/mol. The van der Waals surface area contributed by atoms with Crippen LogP contribution < -0.4 is 5.32 Å². The molecular formula is C11H19NO. The summed E-state index contributed by atoms with van der Waals surface area (Å²) in [6.45, 7) is 7.65. The van der Waals surface area contributed by atoms with E-state index in [4.69, 9.17) is 4.42 Å². The molecule has 1 rings (SSSR count). The van der Waals surface area contributed by atoms with Gasteiger partial charge < -0.3 is 9.73 Å². The summed E-state index contributed by atoms with van der Waals surface area (Å²) in [7, 11) is 0. The largest absolute Gasteiger partial charge is 0.468 e. The standard InChI is InChI=1S/C11H19NO/c1-9(2)6-7-12-10(3)11-5-4-8-13-11/h4-5,8-10,12H,6-7H2,1-3H3/t10-/m1/s1. The number of furan rings is 1. The van der Waals surface area contributed by atoms with Crippen molar-refractivity contribution in [2.45, 2.75) is 33.2 Å². The van der Waals surface area contributed by atoms with E-state index in [0.717, 1.165) is 18.2 Å². The average Bonchev–Trinajstić information content (AvgIpc) is 2.55. The minimum atomic E-state index is 0.328. The molecule has 0 unspecified atom stereocenters. The molecule has 0 aliphatic rings. The van der Waals surface area contributed by atoms with Crippen molar-refractivity contribution < 1.29 is 4.42 Å². The van der Waals surface area contributed by atoms with Crippen LogP contribution in [0.25, 0.3) is 0 Å². The van der Waals surface area contributed by atoms with E-state index >= 15 is 0 Å². The van der Waals surface area contributed by atoms with Crippen molar-refractivity contribution in [1.29, 1.82) is 0 Å². The maximum Gasteiger partial charge on any atom is 0.120 e. The Morgan fingerprint density at radius 3 is 2.69 bits per heavy atom. The minimum Gasteiger partial charge on any atom is -0.468 e. The maximum absolute atomic E-state index is 5.29. The molecule has 0 spiro atoms. The molecule has 0 radical (unpaired) electrons. The molecule has 0 bridgehead atoms. The predicted octanol–water partition coefficient (Wildman–Crippen LogP) is 2.98. The molecule has 0 aromatic carbocycles. The molecule has 0 aliphatic heterocycles. The third kappa shape index (κ3) is 3.64. The molecule has 1 aromatic heterocycles. The Kier molecular flexibility index (Phi) is 4.03. The minimum absolute atomic E-state index is 0.328. The SMILES string of the molecule is CC(C)CCN[C@H](C)c1ccco1. The van der Waals surface area contributed by atoms with Gasteiger partial charge in [-0.3, -0.25) is 0 Å². The first kappa shape index (κ1) is 10.3. The van der Waals surface area contributed by atoms with E-state index in [-0.39, 0.29) is 0 Å². The van der Waals surface area contributed by atoms with Crippen molar-refractivity contribution in [1.82, 2.24) is 5.32 Å². The van der Waals surface area contributed by atoms with Crippen molar-refractivity contribution in [3.63, 3.8) is 0 Å².